The molecule has 1 saturated carbocycles. The van der Waals surface area contributed by atoms with E-state index in [1.165, 1.54) is 6.07 Å². The maximum Gasteiger partial charge on any atom is 0.418 e. The van der Waals surface area contributed by atoms with Gasteiger partial charge in [0.1, 0.15) is 5.75 Å². The van der Waals surface area contributed by atoms with Gasteiger partial charge in [0, 0.05) is 24.8 Å². The lowest BCUT2D eigenvalue weighted by molar-refractivity contribution is 0.213. The van der Waals surface area contributed by atoms with E-state index < -0.39 is 6.09 Å². The van der Waals surface area contributed by atoms with Gasteiger partial charge in [-0.05, 0) is 43.5 Å². The van der Waals surface area contributed by atoms with Crippen LogP contribution in [0.4, 0.5) is 10.5 Å². The quantitative estimate of drug-likeness (QED) is 0.676. The number of carbonyl (C=O) groups is 1. The van der Waals surface area contributed by atoms with E-state index in [4.69, 9.17) is 4.74 Å². The van der Waals surface area contributed by atoms with Crippen LogP contribution in [0.2, 0.25) is 0 Å². The molecule has 0 saturated heterocycles. The smallest absolute Gasteiger partial charge is 0.418 e. The van der Waals surface area contributed by atoms with E-state index in [1.807, 2.05) is 0 Å². The molecular formula is C20H22N4O4. The van der Waals surface area contributed by atoms with Crippen LogP contribution in [0.1, 0.15) is 37.3 Å². The topological polar surface area (TPSA) is 98.4 Å². The molecule has 8 heteroatoms. The van der Waals surface area contributed by atoms with Gasteiger partial charge in [-0.3, -0.25) is 14.5 Å². The number of fused-ring (bicyclic) bond motifs is 1. The maximum atomic E-state index is 12.7. The van der Waals surface area contributed by atoms with Crippen molar-refractivity contribution in [2.24, 2.45) is 7.05 Å². The Kier molecular flexibility index (Phi) is 4.54. The summed E-state index contributed by atoms with van der Waals surface area (Å²) < 4.78 is 8.69. The minimum absolute atomic E-state index is 0.0787. The lowest BCUT2D eigenvalue weighted by Gasteiger charge is -2.12. The zero-order valence-electron chi connectivity index (χ0n) is 15.8. The van der Waals surface area contributed by atoms with Gasteiger partial charge in [-0.25, -0.2) is 14.6 Å². The average Bonchev–Trinajstić information content (AvgIpc) is 3.25. The predicted molar refractivity (Wildman–Crippen MR) is 105 cm³/mol. The highest BCUT2D eigenvalue weighted by molar-refractivity contribution is 5.87. The maximum absolute atomic E-state index is 12.7. The Bertz CT molecular complexity index is 1110. The van der Waals surface area contributed by atoms with E-state index in [0.717, 1.165) is 31.2 Å². The normalized spacial score (nSPS) is 14.5. The Hall–Kier alpha value is -3.29. The van der Waals surface area contributed by atoms with Crippen LogP contribution in [0.3, 0.4) is 0 Å². The van der Waals surface area contributed by atoms with E-state index in [2.05, 4.69) is 10.3 Å². The highest BCUT2D eigenvalue weighted by Crippen LogP contribution is 2.31. The third-order valence-corrected chi connectivity index (χ3v) is 5.28. The molecule has 1 amide bonds. The van der Waals surface area contributed by atoms with Gasteiger partial charge in [-0.15, -0.1) is 0 Å². The van der Waals surface area contributed by atoms with E-state index in [0.29, 0.717) is 16.8 Å². The molecule has 2 aromatic heterocycles. The summed E-state index contributed by atoms with van der Waals surface area (Å²) in [6.07, 6.45) is 5.02. The number of phenols is 1. The second-order valence-electron chi connectivity index (χ2n) is 7.17. The van der Waals surface area contributed by atoms with Crippen LogP contribution in [0.15, 0.2) is 35.3 Å². The number of pyridine rings is 1. The molecule has 0 unspecified atom stereocenters. The Morgan fingerprint density at radius 2 is 2.00 bits per heavy atom. The van der Waals surface area contributed by atoms with Gasteiger partial charge >= 0.3 is 11.8 Å². The summed E-state index contributed by atoms with van der Waals surface area (Å²) in [7, 11) is 1.72. The van der Waals surface area contributed by atoms with Crippen molar-refractivity contribution in [1.29, 1.82) is 0 Å². The summed E-state index contributed by atoms with van der Waals surface area (Å²) in [5, 5.41) is 12.1. The van der Waals surface area contributed by atoms with Crippen molar-refractivity contribution in [2.45, 2.75) is 38.6 Å². The zero-order chi connectivity index (χ0) is 19.8. The number of anilines is 1. The Labute approximate surface area is 161 Å². The Morgan fingerprint density at radius 3 is 2.71 bits per heavy atom. The van der Waals surface area contributed by atoms with E-state index in [-0.39, 0.29) is 23.4 Å². The van der Waals surface area contributed by atoms with E-state index in [1.54, 1.807) is 47.5 Å². The van der Waals surface area contributed by atoms with E-state index in [9.17, 15) is 14.7 Å². The van der Waals surface area contributed by atoms with E-state index >= 15 is 0 Å². The predicted octanol–water partition coefficient (Wildman–Crippen LogP) is 3.48. The van der Waals surface area contributed by atoms with Crippen molar-refractivity contribution in [3.8, 4) is 11.6 Å². The molecule has 146 valence electrons. The molecule has 1 aliphatic rings. The fourth-order valence-electron chi connectivity index (χ4n) is 3.83. The number of imidazole rings is 1. The molecule has 0 radical (unpaired) electrons. The third kappa shape index (κ3) is 3.21. The van der Waals surface area contributed by atoms with Gasteiger partial charge in [0.25, 0.3) is 0 Å². The van der Waals surface area contributed by atoms with Crippen molar-refractivity contribution < 1.29 is 14.6 Å². The molecule has 28 heavy (non-hydrogen) atoms. The van der Waals surface area contributed by atoms with Gasteiger partial charge in [0.15, 0.2) is 0 Å². The molecular weight excluding hydrogens is 360 g/mol. The molecule has 1 aliphatic carbocycles. The number of rotatable bonds is 3. The van der Waals surface area contributed by atoms with Gasteiger partial charge in [-0.2, -0.15) is 0 Å². The molecule has 2 N–H and O–H groups in total. The number of benzene rings is 1. The molecule has 3 aromatic rings. The van der Waals surface area contributed by atoms with Crippen LogP contribution in [0, 0.1) is 6.92 Å². The molecule has 2 heterocycles. The fraction of sp³-hybridized carbons (Fsp3) is 0.350. The molecule has 0 spiro atoms. The first-order valence-corrected chi connectivity index (χ1v) is 9.29. The number of aromatic nitrogens is 3. The lowest BCUT2D eigenvalue weighted by Crippen LogP contribution is -2.24. The van der Waals surface area contributed by atoms with Crippen molar-refractivity contribution in [3.63, 3.8) is 0 Å². The molecule has 0 bridgehead atoms. The molecule has 0 aliphatic heterocycles. The number of nitrogens with zero attached hydrogens (tertiary/aromatic N) is 3. The standard InChI is InChI=1S/C20H22N4O4/c1-12-9-14(25)7-8-15(12)22-19(26)28-18-10-16-17(11-21-18)23(2)20(27)24(16)13-5-3-4-6-13/h7-11,13,25H,3-6H2,1-2H3,(H,22,26). The summed E-state index contributed by atoms with van der Waals surface area (Å²) in [5.74, 6) is 0.247. The largest absolute Gasteiger partial charge is 0.508 e. The monoisotopic (exact) mass is 382 g/mol. The van der Waals surface area contributed by atoms with Crippen LogP contribution < -0.4 is 15.7 Å². The number of phenolic OH excluding ortho intramolecular Hbond substituents is 1. The van der Waals surface area contributed by atoms with Crippen molar-refractivity contribution in [2.75, 3.05) is 5.32 Å². The molecule has 8 nitrogen and oxygen atoms in total. The van der Waals surface area contributed by atoms with Crippen molar-refractivity contribution in [3.05, 3.63) is 46.5 Å². The summed E-state index contributed by atoms with van der Waals surface area (Å²) in [6.45, 7) is 1.77. The average molecular weight is 382 g/mol. The van der Waals surface area contributed by atoms with Crippen molar-refractivity contribution >= 4 is 22.8 Å². The highest BCUT2D eigenvalue weighted by atomic mass is 16.6. The number of hydrogen-bond acceptors (Lipinski definition) is 5. The second-order valence-corrected chi connectivity index (χ2v) is 7.17. The first kappa shape index (κ1) is 18.1. The van der Waals surface area contributed by atoms with Crippen LogP contribution in [-0.2, 0) is 7.05 Å². The van der Waals surface area contributed by atoms with Crippen LogP contribution in [0.5, 0.6) is 11.6 Å². The molecule has 1 fully saturated rings. The molecule has 4 rings (SSSR count). The third-order valence-electron chi connectivity index (χ3n) is 5.28. The number of amides is 1. The number of carbonyl (C=O) groups excluding carboxylic acids is 1. The number of aryl methyl sites for hydroxylation is 2. The van der Waals surface area contributed by atoms with Gasteiger partial charge < -0.3 is 9.84 Å². The number of aromatic hydroxyl groups is 1. The minimum Gasteiger partial charge on any atom is -0.508 e. The minimum atomic E-state index is -0.689. The lowest BCUT2D eigenvalue weighted by atomic mass is 10.2. The van der Waals surface area contributed by atoms with Gasteiger partial charge in [-0.1, -0.05) is 12.8 Å². The number of nitrogens with one attached hydrogen (secondary N) is 1. The van der Waals surface area contributed by atoms with Gasteiger partial charge in [0.05, 0.1) is 17.2 Å². The highest BCUT2D eigenvalue weighted by Gasteiger charge is 2.23. The first-order valence-electron chi connectivity index (χ1n) is 9.29. The fourth-order valence-corrected chi connectivity index (χ4v) is 3.83. The molecule has 0 atom stereocenters. The summed E-state index contributed by atoms with van der Waals surface area (Å²) >= 11 is 0. The van der Waals surface area contributed by atoms with Crippen LogP contribution in [0.25, 0.3) is 11.0 Å². The Balaban J connectivity index is 1.61. The van der Waals surface area contributed by atoms with Crippen LogP contribution in [-0.4, -0.2) is 25.3 Å². The number of hydrogen-bond donors (Lipinski definition) is 2. The SMILES string of the molecule is Cc1cc(O)ccc1NC(=O)Oc1cc2c(cn1)n(C)c(=O)n2C1CCCC1. The van der Waals surface area contributed by atoms with Crippen molar-refractivity contribution in [1.82, 2.24) is 14.1 Å². The van der Waals surface area contributed by atoms with Gasteiger partial charge in [0.2, 0.25) is 5.88 Å². The van der Waals surface area contributed by atoms with Crippen LogP contribution >= 0.6 is 0 Å². The Morgan fingerprint density at radius 1 is 1.25 bits per heavy atom. The first-order chi connectivity index (χ1) is 13.4. The summed E-state index contributed by atoms with van der Waals surface area (Å²) in [6, 6.07) is 6.43. The summed E-state index contributed by atoms with van der Waals surface area (Å²) in [5.41, 5.74) is 2.59. The second kappa shape index (κ2) is 7.03. The summed E-state index contributed by atoms with van der Waals surface area (Å²) in [4.78, 5) is 29.1. The molecule has 1 aromatic carbocycles. The zero-order valence-corrected chi connectivity index (χ0v) is 15.8. The number of ether oxygens (including phenoxy) is 1.